The van der Waals surface area contributed by atoms with Crippen LogP contribution in [0.1, 0.15) is 129 Å². The third kappa shape index (κ3) is 34.1. The molecule has 0 heterocycles. The Labute approximate surface area is 323 Å². The van der Waals surface area contributed by atoms with Gasteiger partial charge in [0, 0.05) is 19.3 Å². The summed E-state index contributed by atoms with van der Waals surface area (Å²) in [7, 11) is 5.48. The molecule has 53 heavy (non-hydrogen) atoms. The predicted octanol–water partition coefficient (Wildman–Crippen LogP) is 10.6. The van der Waals surface area contributed by atoms with E-state index in [0.29, 0.717) is 19.3 Å². The van der Waals surface area contributed by atoms with Crippen LogP contribution in [-0.4, -0.2) is 80.6 Å². The van der Waals surface area contributed by atoms with Gasteiger partial charge in [0.15, 0.2) is 12.1 Å². The number of quaternary nitrogens is 1. The third-order valence-electron chi connectivity index (χ3n) is 8.29. The van der Waals surface area contributed by atoms with Crippen LogP contribution in [-0.2, 0) is 28.6 Å². The van der Waals surface area contributed by atoms with Crippen molar-refractivity contribution in [2.75, 3.05) is 41.0 Å². The summed E-state index contributed by atoms with van der Waals surface area (Å²) in [6, 6.07) is -0.627. The first-order chi connectivity index (χ1) is 25.6. The zero-order valence-corrected chi connectivity index (χ0v) is 33.9. The number of hydrogen-bond acceptors (Lipinski definition) is 6. The van der Waals surface area contributed by atoms with Crippen molar-refractivity contribution in [3.8, 4) is 0 Å². The van der Waals surface area contributed by atoms with Crippen LogP contribution in [0, 0.1) is 0 Å². The lowest BCUT2D eigenvalue weighted by Gasteiger charge is -2.31. The van der Waals surface area contributed by atoms with Crippen molar-refractivity contribution >= 4 is 17.9 Å². The summed E-state index contributed by atoms with van der Waals surface area (Å²) in [5.74, 6) is -1.56. The predicted molar refractivity (Wildman–Crippen MR) is 220 cm³/mol. The maximum absolute atomic E-state index is 12.6. The van der Waals surface area contributed by atoms with Crippen LogP contribution < -0.4 is 0 Å². The Morgan fingerprint density at radius 2 is 1.00 bits per heavy atom. The first kappa shape index (κ1) is 49.5. The number of rotatable bonds is 34. The Balaban J connectivity index is 4.40. The average Bonchev–Trinajstić information content (AvgIpc) is 3.11. The van der Waals surface area contributed by atoms with E-state index in [1.807, 2.05) is 21.1 Å². The van der Waals surface area contributed by atoms with E-state index < -0.39 is 18.1 Å². The summed E-state index contributed by atoms with van der Waals surface area (Å²) in [5.41, 5.74) is 0. The van der Waals surface area contributed by atoms with Gasteiger partial charge in [0.1, 0.15) is 6.61 Å². The van der Waals surface area contributed by atoms with Crippen LogP contribution in [0.25, 0.3) is 0 Å². The van der Waals surface area contributed by atoms with Crippen LogP contribution in [0.15, 0.2) is 85.1 Å². The highest BCUT2D eigenvalue weighted by Crippen LogP contribution is 2.11. The lowest BCUT2D eigenvalue weighted by molar-refractivity contribution is -0.887. The van der Waals surface area contributed by atoms with E-state index in [9.17, 15) is 19.5 Å². The molecule has 0 bridgehead atoms. The van der Waals surface area contributed by atoms with Gasteiger partial charge in [0.2, 0.25) is 0 Å². The molecule has 300 valence electrons. The Bertz CT molecular complexity index is 1140. The number of esters is 2. The van der Waals surface area contributed by atoms with Gasteiger partial charge < -0.3 is 23.8 Å². The highest BCUT2D eigenvalue weighted by atomic mass is 16.6. The fourth-order valence-corrected chi connectivity index (χ4v) is 5.21. The Morgan fingerprint density at radius 3 is 1.49 bits per heavy atom. The third-order valence-corrected chi connectivity index (χ3v) is 8.29. The van der Waals surface area contributed by atoms with E-state index >= 15 is 0 Å². The molecule has 0 aliphatic heterocycles. The van der Waals surface area contributed by atoms with Gasteiger partial charge in [-0.15, -0.1) is 0 Å². The van der Waals surface area contributed by atoms with Crippen molar-refractivity contribution in [2.24, 2.45) is 0 Å². The van der Waals surface area contributed by atoms with Gasteiger partial charge in [-0.25, -0.2) is 4.79 Å². The molecular formula is C45H74NO7+. The number of aliphatic carboxylic acids is 1. The number of carboxylic acids is 1. The fraction of sp³-hybridized carbons (Fsp3) is 0.622. The van der Waals surface area contributed by atoms with Gasteiger partial charge in [-0.05, 0) is 83.5 Å². The van der Waals surface area contributed by atoms with Gasteiger partial charge in [-0.2, -0.15) is 0 Å². The second kappa shape index (κ2) is 35.5. The average molecular weight is 741 g/mol. The summed E-state index contributed by atoms with van der Waals surface area (Å²) >= 11 is 0. The molecule has 0 aliphatic rings. The topological polar surface area (TPSA) is 99.1 Å². The Hall–Kier alpha value is -3.49. The van der Waals surface area contributed by atoms with Crippen molar-refractivity contribution in [3.63, 3.8) is 0 Å². The molecule has 0 radical (unpaired) electrons. The Kier molecular flexibility index (Phi) is 33.2. The van der Waals surface area contributed by atoms with Gasteiger partial charge in [-0.1, -0.05) is 112 Å². The molecule has 0 saturated carbocycles. The standard InChI is InChI=1S/C45H73NO7/c1-6-8-10-12-14-16-17-18-19-20-21-22-23-24-25-26-28-29-31-33-35-43(47)52-40-41(39-51-38-37-42(45(49)50)46(3,4)5)53-44(48)36-34-32-30-27-15-13-11-9-7-2/h8-11,14-16,18-19,21-22,24-25,27,41-42H,6-7,12-13,17,20,23,26,28-40H2,1-5H3/p+1/b10-8+,11-9+,16-14+,19-18+,22-21+,25-24+,27-15+. The zero-order valence-electron chi connectivity index (χ0n) is 33.9. The van der Waals surface area contributed by atoms with Crippen molar-refractivity contribution in [1.29, 1.82) is 0 Å². The number of unbranched alkanes of at least 4 members (excludes halogenated alkanes) is 6. The lowest BCUT2D eigenvalue weighted by atomic mass is 10.1. The molecule has 0 spiro atoms. The number of likely N-dealkylation sites (N-methyl/N-ethyl adjacent to an activating group) is 1. The monoisotopic (exact) mass is 741 g/mol. The summed E-state index contributed by atoms with van der Waals surface area (Å²) in [4.78, 5) is 36.8. The van der Waals surface area contributed by atoms with E-state index in [2.05, 4.69) is 98.9 Å². The maximum Gasteiger partial charge on any atom is 0.362 e. The molecule has 2 unspecified atom stereocenters. The van der Waals surface area contributed by atoms with E-state index in [-0.39, 0.29) is 42.7 Å². The normalized spacial score (nSPS) is 13.9. The molecule has 2 atom stereocenters. The van der Waals surface area contributed by atoms with E-state index in [1.54, 1.807) is 0 Å². The van der Waals surface area contributed by atoms with E-state index in [4.69, 9.17) is 14.2 Å². The van der Waals surface area contributed by atoms with Crippen LogP contribution in [0.2, 0.25) is 0 Å². The minimum Gasteiger partial charge on any atom is -0.477 e. The molecule has 8 heteroatoms. The molecule has 0 fully saturated rings. The number of carbonyl (C=O) groups excluding carboxylic acids is 2. The summed E-state index contributed by atoms with van der Waals surface area (Å²) in [6.45, 7) is 4.40. The van der Waals surface area contributed by atoms with Crippen LogP contribution in [0.4, 0.5) is 0 Å². The SMILES string of the molecule is CC/C=C/C/C=C/C/C=C/C/C=C/C/C=C/CCCCCCC(=O)OCC(COCCC(C(=O)O)[N+](C)(C)C)OC(=O)CCCC/C=C/C/C=C/CC. The summed E-state index contributed by atoms with van der Waals surface area (Å²) < 4.78 is 17.1. The van der Waals surface area contributed by atoms with Gasteiger partial charge in [-0.3, -0.25) is 9.59 Å². The molecule has 0 saturated heterocycles. The van der Waals surface area contributed by atoms with Gasteiger partial charge >= 0.3 is 17.9 Å². The van der Waals surface area contributed by atoms with Gasteiger partial charge in [0.05, 0.1) is 34.4 Å². The molecule has 1 N–H and O–H groups in total. The number of hydrogen-bond donors (Lipinski definition) is 1. The maximum atomic E-state index is 12.6. The first-order valence-corrected chi connectivity index (χ1v) is 20.1. The van der Waals surface area contributed by atoms with Crippen LogP contribution in [0.3, 0.4) is 0 Å². The van der Waals surface area contributed by atoms with E-state index in [0.717, 1.165) is 89.9 Å². The largest absolute Gasteiger partial charge is 0.477 e. The number of ether oxygens (including phenoxy) is 3. The van der Waals surface area contributed by atoms with Crippen molar-refractivity contribution < 1.29 is 38.2 Å². The molecule has 0 aromatic heterocycles. The lowest BCUT2D eigenvalue weighted by Crippen LogP contribution is -2.50. The number of carboxylic acid groups (broad SMARTS) is 1. The molecule has 0 rings (SSSR count). The quantitative estimate of drug-likeness (QED) is 0.0303. The second-order valence-electron chi connectivity index (χ2n) is 14.1. The number of allylic oxidation sites excluding steroid dienone is 14. The minimum atomic E-state index is -0.889. The van der Waals surface area contributed by atoms with Crippen molar-refractivity contribution in [3.05, 3.63) is 85.1 Å². The van der Waals surface area contributed by atoms with Gasteiger partial charge in [0.25, 0.3) is 0 Å². The number of nitrogens with zero attached hydrogens (tertiary/aromatic N) is 1. The first-order valence-electron chi connectivity index (χ1n) is 20.1. The molecular weight excluding hydrogens is 666 g/mol. The zero-order chi connectivity index (χ0) is 39.3. The van der Waals surface area contributed by atoms with E-state index in [1.165, 1.54) is 0 Å². The van der Waals surface area contributed by atoms with Crippen molar-refractivity contribution in [2.45, 2.75) is 142 Å². The van der Waals surface area contributed by atoms with Crippen molar-refractivity contribution in [1.82, 2.24) is 0 Å². The fourth-order valence-electron chi connectivity index (χ4n) is 5.21. The molecule has 0 aromatic carbocycles. The highest BCUT2D eigenvalue weighted by Gasteiger charge is 2.31. The second-order valence-corrected chi connectivity index (χ2v) is 14.1. The molecule has 0 aliphatic carbocycles. The molecule has 0 amide bonds. The Morgan fingerprint density at radius 1 is 0.566 bits per heavy atom. The smallest absolute Gasteiger partial charge is 0.362 e. The highest BCUT2D eigenvalue weighted by molar-refractivity contribution is 5.72. The summed E-state index contributed by atoms with van der Waals surface area (Å²) in [6.07, 6.45) is 45.0. The molecule has 0 aromatic rings. The minimum absolute atomic E-state index is 0.0340. The van der Waals surface area contributed by atoms with Crippen LogP contribution >= 0.6 is 0 Å². The number of carbonyl (C=O) groups is 3. The summed E-state index contributed by atoms with van der Waals surface area (Å²) in [5, 5.41) is 9.58. The van der Waals surface area contributed by atoms with Crippen LogP contribution in [0.5, 0.6) is 0 Å². The molecule has 8 nitrogen and oxygen atoms in total.